The molecule has 2 amide bonds. The topological polar surface area (TPSA) is 129 Å². The van der Waals surface area contributed by atoms with Crippen molar-refractivity contribution in [2.24, 2.45) is 5.10 Å². The summed E-state index contributed by atoms with van der Waals surface area (Å²) in [4.78, 5) is 24.0. The second-order valence-corrected chi connectivity index (χ2v) is 5.36. The Morgan fingerprint density at radius 1 is 1.00 bits per heavy atom. The Morgan fingerprint density at radius 3 is 2.37 bits per heavy atom. The highest BCUT2D eigenvalue weighted by Crippen LogP contribution is 2.29. The molecule has 9 heteroatoms. The molecule has 0 fully saturated rings. The molecule has 0 heterocycles. The van der Waals surface area contributed by atoms with E-state index in [1.807, 2.05) is 0 Å². The van der Waals surface area contributed by atoms with Crippen LogP contribution in [0.5, 0.6) is 23.0 Å². The van der Waals surface area contributed by atoms with Crippen LogP contribution in [-0.2, 0) is 9.59 Å². The Balaban J connectivity index is 2.06. The van der Waals surface area contributed by atoms with Crippen LogP contribution in [0.1, 0.15) is 12.5 Å². The second-order valence-electron chi connectivity index (χ2n) is 5.36. The molecule has 0 aliphatic rings. The van der Waals surface area contributed by atoms with Crippen molar-refractivity contribution in [3.05, 3.63) is 42.0 Å². The molecule has 0 spiro atoms. The van der Waals surface area contributed by atoms with Crippen LogP contribution in [0, 0.1) is 0 Å². The first kappa shape index (κ1) is 19.6. The van der Waals surface area contributed by atoms with Gasteiger partial charge in [-0.3, -0.25) is 9.59 Å². The van der Waals surface area contributed by atoms with Gasteiger partial charge in [0, 0.05) is 17.7 Å². The van der Waals surface area contributed by atoms with E-state index in [4.69, 9.17) is 9.47 Å². The van der Waals surface area contributed by atoms with Gasteiger partial charge in [0.15, 0.2) is 0 Å². The highest BCUT2D eigenvalue weighted by Gasteiger charge is 2.16. The average molecular weight is 373 g/mol. The lowest BCUT2D eigenvalue weighted by atomic mass is 10.1. The molecule has 4 N–H and O–H groups in total. The summed E-state index contributed by atoms with van der Waals surface area (Å²) in [5.74, 6) is -1.43. The van der Waals surface area contributed by atoms with Crippen molar-refractivity contribution in [1.29, 1.82) is 0 Å². The zero-order chi connectivity index (χ0) is 20.0. The van der Waals surface area contributed by atoms with Gasteiger partial charge >= 0.3 is 11.8 Å². The second kappa shape index (κ2) is 8.56. The van der Waals surface area contributed by atoms with Crippen molar-refractivity contribution in [3.63, 3.8) is 0 Å². The Bertz CT molecular complexity index is 895. The van der Waals surface area contributed by atoms with Crippen LogP contribution in [0.15, 0.2) is 41.5 Å². The Morgan fingerprint density at radius 2 is 1.74 bits per heavy atom. The van der Waals surface area contributed by atoms with E-state index in [-0.39, 0.29) is 22.9 Å². The van der Waals surface area contributed by atoms with Gasteiger partial charge in [-0.2, -0.15) is 5.10 Å². The first-order valence-electron chi connectivity index (χ1n) is 7.75. The molecule has 0 unspecified atom stereocenters. The summed E-state index contributed by atoms with van der Waals surface area (Å²) in [7, 11) is 2.91. The van der Waals surface area contributed by atoms with Crippen molar-refractivity contribution >= 4 is 23.2 Å². The lowest BCUT2D eigenvalue weighted by molar-refractivity contribution is -0.136. The first-order valence-corrected chi connectivity index (χ1v) is 7.75. The number of carbonyl (C=O) groups is 2. The van der Waals surface area contributed by atoms with Crippen molar-refractivity contribution in [3.8, 4) is 23.0 Å². The van der Waals surface area contributed by atoms with E-state index < -0.39 is 11.8 Å². The lowest BCUT2D eigenvalue weighted by Crippen LogP contribution is -2.33. The minimum absolute atomic E-state index is 0.110. The summed E-state index contributed by atoms with van der Waals surface area (Å²) in [5, 5.41) is 25.3. The smallest absolute Gasteiger partial charge is 0.329 e. The van der Waals surface area contributed by atoms with Crippen LogP contribution in [-0.4, -0.2) is 42.0 Å². The van der Waals surface area contributed by atoms with E-state index >= 15 is 0 Å². The molecule has 0 saturated carbocycles. The fourth-order valence-corrected chi connectivity index (χ4v) is 2.15. The van der Waals surface area contributed by atoms with Gasteiger partial charge < -0.3 is 25.0 Å². The summed E-state index contributed by atoms with van der Waals surface area (Å²) in [6, 6.07) is 8.62. The fourth-order valence-electron chi connectivity index (χ4n) is 2.15. The number of benzene rings is 2. The van der Waals surface area contributed by atoms with Crippen molar-refractivity contribution in [1.82, 2.24) is 5.43 Å². The molecule has 0 bridgehead atoms. The summed E-state index contributed by atoms with van der Waals surface area (Å²) in [6.45, 7) is 1.52. The molecule has 2 aromatic carbocycles. The number of hydrogen-bond acceptors (Lipinski definition) is 7. The largest absolute Gasteiger partial charge is 0.508 e. The molecule has 0 aliphatic heterocycles. The maximum absolute atomic E-state index is 12.0. The number of amides is 2. The van der Waals surface area contributed by atoms with Crippen LogP contribution in [0.25, 0.3) is 0 Å². The number of methoxy groups -OCH3 is 2. The van der Waals surface area contributed by atoms with E-state index in [1.165, 1.54) is 39.3 Å². The molecular weight excluding hydrogens is 354 g/mol. The molecular formula is C18H19N3O6. The van der Waals surface area contributed by atoms with Crippen molar-refractivity contribution in [2.45, 2.75) is 6.92 Å². The molecule has 0 aromatic heterocycles. The van der Waals surface area contributed by atoms with Crippen LogP contribution in [0.3, 0.4) is 0 Å². The molecule has 27 heavy (non-hydrogen) atoms. The summed E-state index contributed by atoms with van der Waals surface area (Å²) in [6.07, 6.45) is 0. The number of hydrazone groups is 1. The van der Waals surface area contributed by atoms with Crippen LogP contribution < -0.4 is 20.2 Å². The van der Waals surface area contributed by atoms with Gasteiger partial charge in [0.1, 0.15) is 23.0 Å². The fraction of sp³-hybridized carbons (Fsp3) is 0.167. The Labute approximate surface area is 155 Å². The SMILES string of the molecule is COc1ccc(NC(=O)C(=O)N/N=C(\C)c2ccc(O)cc2O)c(OC)c1. The van der Waals surface area contributed by atoms with Gasteiger partial charge in [-0.05, 0) is 31.2 Å². The third kappa shape index (κ3) is 4.88. The van der Waals surface area contributed by atoms with E-state index in [2.05, 4.69) is 15.8 Å². The monoisotopic (exact) mass is 373 g/mol. The van der Waals surface area contributed by atoms with Gasteiger partial charge in [-0.1, -0.05) is 0 Å². The highest BCUT2D eigenvalue weighted by molar-refractivity contribution is 6.39. The molecule has 142 valence electrons. The van der Waals surface area contributed by atoms with E-state index in [0.29, 0.717) is 17.1 Å². The maximum Gasteiger partial charge on any atom is 0.329 e. The van der Waals surface area contributed by atoms with Gasteiger partial charge in [-0.25, -0.2) is 5.43 Å². The van der Waals surface area contributed by atoms with Gasteiger partial charge in [0.2, 0.25) is 0 Å². The normalized spacial score (nSPS) is 10.9. The zero-order valence-corrected chi connectivity index (χ0v) is 14.9. The minimum atomic E-state index is -1.01. The third-order valence-corrected chi connectivity index (χ3v) is 3.56. The van der Waals surface area contributed by atoms with E-state index in [1.54, 1.807) is 12.1 Å². The first-order chi connectivity index (χ1) is 12.8. The number of anilines is 1. The molecule has 0 atom stereocenters. The van der Waals surface area contributed by atoms with Crippen LogP contribution in [0.2, 0.25) is 0 Å². The quantitative estimate of drug-likeness (QED) is 0.358. The summed E-state index contributed by atoms with van der Waals surface area (Å²) in [5.41, 5.74) is 2.93. The average Bonchev–Trinajstić information content (AvgIpc) is 2.65. The van der Waals surface area contributed by atoms with Gasteiger partial charge in [0.25, 0.3) is 0 Å². The molecule has 9 nitrogen and oxygen atoms in total. The minimum Gasteiger partial charge on any atom is -0.508 e. The molecule has 0 radical (unpaired) electrons. The predicted octanol–water partition coefficient (Wildman–Crippen LogP) is 1.59. The predicted molar refractivity (Wildman–Crippen MR) is 98.3 cm³/mol. The van der Waals surface area contributed by atoms with Crippen LogP contribution in [0.4, 0.5) is 5.69 Å². The number of aromatic hydroxyl groups is 2. The highest BCUT2D eigenvalue weighted by atomic mass is 16.5. The third-order valence-electron chi connectivity index (χ3n) is 3.56. The number of ether oxygens (including phenoxy) is 2. The number of rotatable bonds is 5. The van der Waals surface area contributed by atoms with Crippen molar-refractivity contribution in [2.75, 3.05) is 19.5 Å². The number of phenols is 2. The van der Waals surface area contributed by atoms with Gasteiger partial charge in [0.05, 0.1) is 25.6 Å². The van der Waals surface area contributed by atoms with Gasteiger partial charge in [-0.15, -0.1) is 0 Å². The van der Waals surface area contributed by atoms with Crippen molar-refractivity contribution < 1.29 is 29.3 Å². The zero-order valence-electron chi connectivity index (χ0n) is 14.9. The number of nitrogens with zero attached hydrogens (tertiary/aromatic N) is 1. The maximum atomic E-state index is 12.0. The summed E-state index contributed by atoms with van der Waals surface area (Å²) < 4.78 is 10.2. The number of phenolic OH excluding ortho intramolecular Hbond substituents is 2. The van der Waals surface area contributed by atoms with E-state index in [9.17, 15) is 19.8 Å². The standard InChI is InChI=1S/C18H19N3O6/c1-10(13-6-4-11(22)8-15(13)23)20-21-18(25)17(24)19-14-7-5-12(26-2)9-16(14)27-3/h4-9,22-23H,1-3H3,(H,19,24)(H,21,25)/b20-10+. The Kier molecular flexibility index (Phi) is 6.21. The number of carbonyl (C=O) groups excluding carboxylic acids is 2. The molecule has 0 saturated heterocycles. The molecule has 2 rings (SSSR count). The Hall–Kier alpha value is -3.75. The lowest BCUT2D eigenvalue weighted by Gasteiger charge is -2.11. The molecule has 0 aliphatic carbocycles. The van der Waals surface area contributed by atoms with E-state index in [0.717, 1.165) is 6.07 Å². The number of hydrogen-bond donors (Lipinski definition) is 4. The molecule has 2 aromatic rings. The van der Waals surface area contributed by atoms with Crippen LogP contribution >= 0.6 is 0 Å². The summed E-state index contributed by atoms with van der Waals surface area (Å²) >= 11 is 0. The number of nitrogens with one attached hydrogen (secondary N) is 2.